The van der Waals surface area contributed by atoms with Crippen molar-refractivity contribution in [1.29, 1.82) is 0 Å². The number of rotatable bonds is 5. The summed E-state index contributed by atoms with van der Waals surface area (Å²) in [6.07, 6.45) is 3.53. The third kappa shape index (κ3) is 3.14. The van der Waals surface area contributed by atoms with Crippen LogP contribution in [0.1, 0.15) is 17.9 Å². The summed E-state index contributed by atoms with van der Waals surface area (Å²) in [5, 5.41) is 11.7. The van der Waals surface area contributed by atoms with Gasteiger partial charge in [0.25, 0.3) is 0 Å². The van der Waals surface area contributed by atoms with E-state index in [0.29, 0.717) is 6.54 Å². The largest absolute Gasteiger partial charge is 0.481 e. The average Bonchev–Trinajstić information content (AvgIpc) is 2.18. The number of aliphatic carboxylic acids is 1. The summed E-state index contributed by atoms with van der Waals surface area (Å²) in [6, 6.07) is 3.72. The first-order valence-electron chi connectivity index (χ1n) is 4.50. The smallest absolute Gasteiger partial charge is 0.304 e. The minimum atomic E-state index is -0.783. The van der Waals surface area contributed by atoms with E-state index in [1.807, 2.05) is 19.2 Å². The van der Waals surface area contributed by atoms with Gasteiger partial charge in [0.2, 0.25) is 0 Å². The van der Waals surface area contributed by atoms with E-state index in [0.717, 1.165) is 5.56 Å². The molecule has 1 heterocycles. The van der Waals surface area contributed by atoms with Crippen LogP contribution in [0, 0.1) is 0 Å². The van der Waals surface area contributed by atoms with E-state index >= 15 is 0 Å². The molecule has 0 aliphatic rings. The monoisotopic (exact) mass is 194 g/mol. The minimum Gasteiger partial charge on any atom is -0.481 e. The zero-order valence-electron chi connectivity index (χ0n) is 8.10. The van der Waals surface area contributed by atoms with Crippen LogP contribution >= 0.6 is 0 Å². The fraction of sp³-hybridized carbons (Fsp3) is 0.400. The van der Waals surface area contributed by atoms with Gasteiger partial charge in [-0.25, -0.2) is 0 Å². The van der Waals surface area contributed by atoms with Crippen LogP contribution in [0.3, 0.4) is 0 Å². The molecule has 1 unspecified atom stereocenters. The molecule has 76 valence electrons. The first-order valence-corrected chi connectivity index (χ1v) is 4.50. The highest BCUT2D eigenvalue weighted by atomic mass is 16.4. The number of hydrogen-bond donors (Lipinski definition) is 2. The van der Waals surface area contributed by atoms with Gasteiger partial charge in [-0.2, -0.15) is 0 Å². The predicted molar refractivity (Wildman–Crippen MR) is 53.2 cm³/mol. The number of aromatic nitrogens is 1. The summed E-state index contributed by atoms with van der Waals surface area (Å²) >= 11 is 0. The van der Waals surface area contributed by atoms with Crippen LogP contribution in [0.4, 0.5) is 0 Å². The highest BCUT2D eigenvalue weighted by molar-refractivity contribution is 5.68. The Morgan fingerprint density at radius 3 is 3.00 bits per heavy atom. The van der Waals surface area contributed by atoms with Crippen molar-refractivity contribution < 1.29 is 9.90 Å². The molecule has 4 nitrogen and oxygen atoms in total. The normalized spacial score (nSPS) is 12.4. The van der Waals surface area contributed by atoms with Gasteiger partial charge in [0.05, 0.1) is 6.42 Å². The standard InChI is InChI=1S/C10H14N2O2/c1-11-6-9(5-10(13)14)8-3-2-4-12-7-8/h2-4,7,9,11H,5-6H2,1H3,(H,13,14). The SMILES string of the molecule is CNCC(CC(=O)O)c1cccnc1. The number of nitrogens with zero attached hydrogens (tertiary/aromatic N) is 1. The third-order valence-electron chi connectivity index (χ3n) is 2.03. The second kappa shape index (κ2) is 5.34. The van der Waals surface area contributed by atoms with Crippen molar-refractivity contribution in [3.05, 3.63) is 30.1 Å². The van der Waals surface area contributed by atoms with Crippen molar-refractivity contribution in [2.75, 3.05) is 13.6 Å². The Hall–Kier alpha value is -1.42. The summed E-state index contributed by atoms with van der Waals surface area (Å²) in [6.45, 7) is 0.651. The molecular formula is C10H14N2O2. The van der Waals surface area contributed by atoms with Crippen LogP contribution in [-0.4, -0.2) is 29.7 Å². The Balaban J connectivity index is 2.72. The molecule has 2 N–H and O–H groups in total. The zero-order valence-corrected chi connectivity index (χ0v) is 8.10. The second-order valence-electron chi connectivity index (χ2n) is 3.14. The van der Waals surface area contributed by atoms with Gasteiger partial charge in [-0.15, -0.1) is 0 Å². The highest BCUT2D eigenvalue weighted by Crippen LogP contribution is 2.17. The number of likely N-dealkylation sites (N-methyl/N-ethyl adjacent to an activating group) is 1. The number of carboxylic acids is 1. The summed E-state index contributed by atoms with van der Waals surface area (Å²) in [5.41, 5.74) is 0.962. The van der Waals surface area contributed by atoms with Crippen molar-refractivity contribution in [2.24, 2.45) is 0 Å². The molecule has 0 amide bonds. The maximum absolute atomic E-state index is 10.6. The predicted octanol–water partition coefficient (Wildman–Crippen LogP) is 0.859. The number of nitrogens with one attached hydrogen (secondary N) is 1. The van der Waals surface area contributed by atoms with Gasteiger partial charge in [-0.1, -0.05) is 6.07 Å². The Bertz CT molecular complexity index is 287. The van der Waals surface area contributed by atoms with E-state index in [4.69, 9.17) is 5.11 Å². The molecule has 0 radical (unpaired) electrons. The third-order valence-corrected chi connectivity index (χ3v) is 2.03. The topological polar surface area (TPSA) is 62.2 Å². The van der Waals surface area contributed by atoms with Crippen molar-refractivity contribution in [3.63, 3.8) is 0 Å². The van der Waals surface area contributed by atoms with Crippen molar-refractivity contribution in [1.82, 2.24) is 10.3 Å². The van der Waals surface area contributed by atoms with Crippen molar-refractivity contribution in [2.45, 2.75) is 12.3 Å². The highest BCUT2D eigenvalue weighted by Gasteiger charge is 2.14. The van der Waals surface area contributed by atoms with Crippen LogP contribution in [-0.2, 0) is 4.79 Å². The number of pyridine rings is 1. The second-order valence-corrected chi connectivity index (χ2v) is 3.14. The summed E-state index contributed by atoms with van der Waals surface area (Å²) < 4.78 is 0. The van der Waals surface area contributed by atoms with E-state index in [-0.39, 0.29) is 12.3 Å². The molecular weight excluding hydrogens is 180 g/mol. The van der Waals surface area contributed by atoms with Crippen LogP contribution < -0.4 is 5.32 Å². The van der Waals surface area contributed by atoms with Crippen LogP contribution in [0.25, 0.3) is 0 Å². The molecule has 1 aromatic heterocycles. The fourth-order valence-corrected chi connectivity index (χ4v) is 1.38. The molecule has 1 atom stereocenters. The van der Waals surface area contributed by atoms with E-state index in [9.17, 15) is 4.79 Å². The summed E-state index contributed by atoms with van der Waals surface area (Å²) in [5.74, 6) is -0.791. The molecule has 0 saturated heterocycles. The zero-order chi connectivity index (χ0) is 10.4. The number of hydrogen-bond acceptors (Lipinski definition) is 3. The van der Waals surface area contributed by atoms with Crippen LogP contribution in [0.5, 0.6) is 0 Å². The lowest BCUT2D eigenvalue weighted by atomic mass is 9.97. The van der Waals surface area contributed by atoms with Crippen LogP contribution in [0.2, 0.25) is 0 Å². The first kappa shape index (κ1) is 10.7. The molecule has 0 aliphatic heterocycles. The lowest BCUT2D eigenvalue weighted by Gasteiger charge is -2.13. The average molecular weight is 194 g/mol. The molecule has 0 bridgehead atoms. The molecule has 0 spiro atoms. The van der Waals surface area contributed by atoms with Gasteiger partial charge in [-0.05, 0) is 18.7 Å². The van der Waals surface area contributed by atoms with Gasteiger partial charge in [0.1, 0.15) is 0 Å². The maximum atomic E-state index is 10.6. The minimum absolute atomic E-state index is 0.00815. The van der Waals surface area contributed by atoms with E-state index in [1.54, 1.807) is 12.4 Å². The van der Waals surface area contributed by atoms with Gasteiger partial charge < -0.3 is 10.4 Å². The number of carbonyl (C=O) groups is 1. The summed E-state index contributed by atoms with van der Waals surface area (Å²) in [4.78, 5) is 14.6. The van der Waals surface area contributed by atoms with E-state index in [1.165, 1.54) is 0 Å². The molecule has 14 heavy (non-hydrogen) atoms. The molecule has 0 aliphatic carbocycles. The van der Waals surface area contributed by atoms with Crippen molar-refractivity contribution >= 4 is 5.97 Å². The van der Waals surface area contributed by atoms with E-state index in [2.05, 4.69) is 10.3 Å². The Kier molecular flexibility index (Phi) is 4.07. The Morgan fingerprint density at radius 1 is 1.71 bits per heavy atom. The molecule has 4 heteroatoms. The fourth-order valence-electron chi connectivity index (χ4n) is 1.38. The first-order chi connectivity index (χ1) is 6.74. The quantitative estimate of drug-likeness (QED) is 0.729. The maximum Gasteiger partial charge on any atom is 0.304 e. The van der Waals surface area contributed by atoms with Gasteiger partial charge >= 0.3 is 5.97 Å². The molecule has 0 fully saturated rings. The molecule has 0 aromatic carbocycles. The molecule has 1 rings (SSSR count). The Labute approximate surface area is 83.0 Å². The van der Waals surface area contributed by atoms with Gasteiger partial charge in [-0.3, -0.25) is 9.78 Å². The lowest BCUT2D eigenvalue weighted by Crippen LogP contribution is -2.20. The summed E-state index contributed by atoms with van der Waals surface area (Å²) in [7, 11) is 1.81. The molecule has 0 saturated carbocycles. The van der Waals surface area contributed by atoms with Crippen molar-refractivity contribution in [3.8, 4) is 0 Å². The van der Waals surface area contributed by atoms with Crippen LogP contribution in [0.15, 0.2) is 24.5 Å². The van der Waals surface area contributed by atoms with E-state index < -0.39 is 5.97 Å². The lowest BCUT2D eigenvalue weighted by molar-refractivity contribution is -0.137. The molecule has 1 aromatic rings. The number of carboxylic acid groups (broad SMARTS) is 1. The van der Waals surface area contributed by atoms with Gasteiger partial charge in [0, 0.05) is 24.9 Å². The Morgan fingerprint density at radius 2 is 2.50 bits per heavy atom. The van der Waals surface area contributed by atoms with Gasteiger partial charge in [0.15, 0.2) is 0 Å².